The van der Waals surface area contributed by atoms with E-state index in [9.17, 15) is 4.79 Å². The van der Waals surface area contributed by atoms with E-state index in [2.05, 4.69) is 25.9 Å². The fourth-order valence-electron chi connectivity index (χ4n) is 1.34. The molecule has 0 atom stereocenters. The van der Waals surface area contributed by atoms with Crippen LogP contribution < -0.4 is 0 Å². The van der Waals surface area contributed by atoms with Crippen LogP contribution in [0.1, 0.15) is 17.4 Å². The molecular weight excluding hydrogens is 260 g/mol. The Morgan fingerprint density at radius 2 is 2.40 bits per heavy atom. The minimum atomic E-state index is -0.347. The Balaban J connectivity index is 2.47. The Hall–Kier alpha value is -1.36. The molecule has 0 amide bonds. The lowest BCUT2D eigenvalue weighted by atomic mass is 10.3. The highest BCUT2D eigenvalue weighted by Gasteiger charge is 2.11. The van der Waals surface area contributed by atoms with Crippen molar-refractivity contribution in [3.63, 3.8) is 0 Å². The number of rotatable bonds is 2. The van der Waals surface area contributed by atoms with Crippen LogP contribution in [0.4, 0.5) is 0 Å². The molecule has 2 rings (SSSR count). The fraction of sp³-hybridized carbons (Fsp3) is 0.200. The normalized spacial score (nSPS) is 10.5. The molecule has 0 radical (unpaired) electrons. The molecule has 4 nitrogen and oxygen atoms in total. The minimum absolute atomic E-state index is 0.347. The summed E-state index contributed by atoms with van der Waals surface area (Å²) in [5.74, 6) is -0.347. The largest absolute Gasteiger partial charge is 0.461 e. The van der Waals surface area contributed by atoms with Crippen LogP contribution in [0.3, 0.4) is 0 Å². The van der Waals surface area contributed by atoms with Crippen LogP contribution in [-0.2, 0) is 4.74 Å². The van der Waals surface area contributed by atoms with Gasteiger partial charge in [0, 0.05) is 16.1 Å². The van der Waals surface area contributed by atoms with Gasteiger partial charge in [-0.3, -0.25) is 4.98 Å². The van der Waals surface area contributed by atoms with Crippen molar-refractivity contribution < 1.29 is 9.53 Å². The molecule has 0 saturated heterocycles. The number of H-pyrrole nitrogens is 1. The number of carbonyl (C=O) groups excluding carboxylic acids is 1. The van der Waals surface area contributed by atoms with Crippen molar-refractivity contribution in [2.24, 2.45) is 0 Å². The first kappa shape index (κ1) is 10.2. The molecule has 0 spiro atoms. The van der Waals surface area contributed by atoms with Gasteiger partial charge >= 0.3 is 5.97 Å². The van der Waals surface area contributed by atoms with Gasteiger partial charge in [0.2, 0.25) is 0 Å². The quantitative estimate of drug-likeness (QED) is 0.852. The Kier molecular flexibility index (Phi) is 2.73. The van der Waals surface area contributed by atoms with E-state index in [0.717, 1.165) is 15.4 Å². The van der Waals surface area contributed by atoms with Crippen molar-refractivity contribution in [2.45, 2.75) is 6.92 Å². The monoisotopic (exact) mass is 268 g/mol. The summed E-state index contributed by atoms with van der Waals surface area (Å²) in [6, 6.07) is 1.75. The molecule has 0 bridgehead atoms. The zero-order chi connectivity index (χ0) is 10.8. The van der Waals surface area contributed by atoms with Gasteiger partial charge in [0.05, 0.1) is 18.3 Å². The number of pyridine rings is 1. The first-order chi connectivity index (χ1) is 7.22. The van der Waals surface area contributed by atoms with E-state index in [-0.39, 0.29) is 5.97 Å². The SMILES string of the molecule is CCOC(=O)c1cc2c(Br)cncc2[nH]1. The fourth-order valence-corrected chi connectivity index (χ4v) is 1.78. The Morgan fingerprint density at radius 3 is 3.07 bits per heavy atom. The van der Waals surface area contributed by atoms with Crippen molar-refractivity contribution in [1.29, 1.82) is 0 Å². The number of nitrogens with one attached hydrogen (secondary N) is 1. The zero-order valence-corrected chi connectivity index (χ0v) is 9.67. The topological polar surface area (TPSA) is 55.0 Å². The number of esters is 1. The standard InChI is InChI=1S/C10H9BrN2O2/c1-2-15-10(14)8-3-6-7(11)4-12-5-9(6)13-8/h3-5,13H,2H2,1H3. The Labute approximate surface area is 94.8 Å². The molecule has 2 aromatic heterocycles. The molecule has 15 heavy (non-hydrogen) atoms. The van der Waals surface area contributed by atoms with Crippen LogP contribution in [-0.4, -0.2) is 22.5 Å². The Bertz CT molecular complexity index is 507. The van der Waals surface area contributed by atoms with Crippen molar-refractivity contribution in [3.8, 4) is 0 Å². The van der Waals surface area contributed by atoms with E-state index in [4.69, 9.17) is 4.74 Å². The van der Waals surface area contributed by atoms with Gasteiger partial charge in [0.1, 0.15) is 5.69 Å². The molecule has 78 valence electrons. The van der Waals surface area contributed by atoms with Crippen LogP contribution in [0, 0.1) is 0 Å². The molecule has 0 aliphatic rings. The van der Waals surface area contributed by atoms with Crippen LogP contribution in [0.5, 0.6) is 0 Å². The third-order valence-electron chi connectivity index (χ3n) is 1.99. The van der Waals surface area contributed by atoms with Gasteiger partial charge in [-0.2, -0.15) is 0 Å². The predicted molar refractivity (Wildman–Crippen MR) is 59.8 cm³/mol. The molecule has 0 fully saturated rings. The average Bonchev–Trinajstić information content (AvgIpc) is 2.63. The van der Waals surface area contributed by atoms with Gasteiger partial charge in [-0.25, -0.2) is 4.79 Å². The first-order valence-corrected chi connectivity index (χ1v) is 5.31. The number of nitrogens with zero attached hydrogens (tertiary/aromatic N) is 1. The van der Waals surface area contributed by atoms with E-state index in [1.165, 1.54) is 0 Å². The number of hydrogen-bond acceptors (Lipinski definition) is 3. The van der Waals surface area contributed by atoms with Crippen LogP contribution in [0.25, 0.3) is 10.9 Å². The second kappa shape index (κ2) is 4.02. The summed E-state index contributed by atoms with van der Waals surface area (Å²) in [4.78, 5) is 18.4. The van der Waals surface area contributed by atoms with Crippen molar-refractivity contribution in [3.05, 3.63) is 28.6 Å². The highest BCUT2D eigenvalue weighted by Crippen LogP contribution is 2.23. The maximum absolute atomic E-state index is 11.4. The van der Waals surface area contributed by atoms with E-state index in [0.29, 0.717) is 12.3 Å². The number of aromatic amines is 1. The van der Waals surface area contributed by atoms with Gasteiger partial charge < -0.3 is 9.72 Å². The van der Waals surface area contributed by atoms with Gasteiger partial charge in [-0.1, -0.05) is 0 Å². The number of ether oxygens (including phenoxy) is 1. The number of halogens is 1. The van der Waals surface area contributed by atoms with E-state index in [1.54, 1.807) is 25.4 Å². The number of hydrogen-bond donors (Lipinski definition) is 1. The van der Waals surface area contributed by atoms with Crippen molar-refractivity contribution in [2.75, 3.05) is 6.61 Å². The van der Waals surface area contributed by atoms with Gasteiger partial charge in [-0.05, 0) is 28.9 Å². The lowest BCUT2D eigenvalue weighted by Gasteiger charge is -1.96. The molecule has 0 unspecified atom stereocenters. The summed E-state index contributed by atoms with van der Waals surface area (Å²) in [6.45, 7) is 2.14. The van der Waals surface area contributed by atoms with Gasteiger partial charge in [0.15, 0.2) is 0 Å². The maximum Gasteiger partial charge on any atom is 0.354 e. The van der Waals surface area contributed by atoms with E-state index in [1.807, 2.05) is 0 Å². The molecule has 5 heteroatoms. The zero-order valence-electron chi connectivity index (χ0n) is 8.08. The van der Waals surface area contributed by atoms with Gasteiger partial charge in [0.25, 0.3) is 0 Å². The molecule has 0 aromatic carbocycles. The lowest BCUT2D eigenvalue weighted by molar-refractivity contribution is 0.0520. The molecule has 1 N–H and O–H groups in total. The highest BCUT2D eigenvalue weighted by atomic mass is 79.9. The summed E-state index contributed by atoms with van der Waals surface area (Å²) in [5, 5.41) is 0.924. The second-order valence-electron chi connectivity index (χ2n) is 2.99. The molecule has 2 heterocycles. The second-order valence-corrected chi connectivity index (χ2v) is 3.84. The molecule has 2 aromatic rings. The van der Waals surface area contributed by atoms with Crippen LogP contribution in [0.2, 0.25) is 0 Å². The Morgan fingerprint density at radius 1 is 1.60 bits per heavy atom. The summed E-state index contributed by atoms with van der Waals surface area (Å²) < 4.78 is 5.74. The number of aromatic nitrogens is 2. The molecule has 0 saturated carbocycles. The minimum Gasteiger partial charge on any atom is -0.461 e. The third-order valence-corrected chi connectivity index (χ3v) is 2.62. The molecular formula is C10H9BrN2O2. The number of carbonyl (C=O) groups is 1. The predicted octanol–water partition coefficient (Wildman–Crippen LogP) is 2.50. The summed E-state index contributed by atoms with van der Waals surface area (Å²) in [7, 11) is 0. The summed E-state index contributed by atoms with van der Waals surface area (Å²) in [5.41, 5.74) is 1.26. The van der Waals surface area contributed by atoms with Crippen molar-refractivity contribution in [1.82, 2.24) is 9.97 Å². The highest BCUT2D eigenvalue weighted by molar-refractivity contribution is 9.10. The van der Waals surface area contributed by atoms with E-state index >= 15 is 0 Å². The smallest absolute Gasteiger partial charge is 0.354 e. The summed E-state index contributed by atoms with van der Waals surface area (Å²) >= 11 is 3.36. The summed E-state index contributed by atoms with van der Waals surface area (Å²) in [6.07, 6.45) is 3.36. The van der Waals surface area contributed by atoms with Crippen LogP contribution >= 0.6 is 15.9 Å². The molecule has 0 aliphatic heterocycles. The van der Waals surface area contributed by atoms with Crippen molar-refractivity contribution >= 4 is 32.8 Å². The lowest BCUT2D eigenvalue weighted by Crippen LogP contribution is -2.04. The number of fused-ring (bicyclic) bond motifs is 1. The van der Waals surface area contributed by atoms with E-state index < -0.39 is 0 Å². The molecule has 0 aliphatic carbocycles. The third kappa shape index (κ3) is 1.87. The first-order valence-electron chi connectivity index (χ1n) is 4.51. The maximum atomic E-state index is 11.4. The van der Waals surface area contributed by atoms with Gasteiger partial charge in [-0.15, -0.1) is 0 Å². The van der Waals surface area contributed by atoms with Crippen LogP contribution in [0.15, 0.2) is 22.9 Å². The average molecular weight is 269 g/mol.